The Morgan fingerprint density at radius 3 is 2.50 bits per heavy atom. The van der Waals surface area contributed by atoms with Gasteiger partial charge in [0.05, 0.1) is 22.1 Å². The lowest BCUT2D eigenvalue weighted by molar-refractivity contribution is -0.384. The number of hydrogen-bond donors (Lipinski definition) is 0. The van der Waals surface area contributed by atoms with Gasteiger partial charge in [-0.1, -0.05) is 24.9 Å². The minimum absolute atomic E-state index is 0.00271. The standard InChI is InChI=1S/C17H16ClNO5/c1-2-3-10-23-14-7-4-12(5-8-14)17(20)24-16-9-6-13(19(21)22)11-15(16)18/h4-9,11H,2-3,10H2,1H3. The molecule has 0 radical (unpaired) electrons. The molecule has 0 aliphatic heterocycles. The molecule has 0 aliphatic rings. The zero-order chi connectivity index (χ0) is 17.5. The van der Waals surface area contributed by atoms with Crippen molar-refractivity contribution in [1.29, 1.82) is 0 Å². The van der Waals surface area contributed by atoms with Gasteiger partial charge in [0.25, 0.3) is 5.69 Å². The summed E-state index contributed by atoms with van der Waals surface area (Å²) < 4.78 is 10.7. The van der Waals surface area contributed by atoms with E-state index in [2.05, 4.69) is 6.92 Å². The molecule has 0 aliphatic carbocycles. The summed E-state index contributed by atoms with van der Waals surface area (Å²) in [6.45, 7) is 2.70. The number of carbonyl (C=O) groups is 1. The first-order valence-electron chi connectivity index (χ1n) is 7.40. The van der Waals surface area contributed by atoms with E-state index in [0.717, 1.165) is 18.9 Å². The van der Waals surface area contributed by atoms with Crippen LogP contribution in [0, 0.1) is 10.1 Å². The lowest BCUT2D eigenvalue weighted by Gasteiger charge is -2.08. The summed E-state index contributed by atoms with van der Waals surface area (Å²) in [5, 5.41) is 10.7. The molecule has 2 rings (SSSR count). The molecule has 0 saturated heterocycles. The van der Waals surface area contributed by atoms with Crippen molar-refractivity contribution in [3.05, 3.63) is 63.2 Å². The van der Waals surface area contributed by atoms with Crippen LogP contribution in [0.1, 0.15) is 30.1 Å². The predicted octanol–water partition coefficient (Wildman–Crippen LogP) is 4.65. The minimum atomic E-state index is -0.606. The van der Waals surface area contributed by atoms with E-state index < -0.39 is 10.9 Å². The van der Waals surface area contributed by atoms with Crippen molar-refractivity contribution in [3.8, 4) is 11.5 Å². The van der Waals surface area contributed by atoms with Gasteiger partial charge in [0.15, 0.2) is 0 Å². The molecule has 0 bridgehead atoms. The second-order valence-electron chi connectivity index (χ2n) is 4.99. The topological polar surface area (TPSA) is 78.7 Å². The highest BCUT2D eigenvalue weighted by atomic mass is 35.5. The second-order valence-corrected chi connectivity index (χ2v) is 5.39. The number of non-ortho nitro benzene ring substituents is 1. The SMILES string of the molecule is CCCCOc1ccc(C(=O)Oc2ccc([N+](=O)[O-])cc2Cl)cc1. The Balaban J connectivity index is 2.03. The Hall–Kier alpha value is -2.60. The van der Waals surface area contributed by atoms with Gasteiger partial charge in [-0.15, -0.1) is 0 Å². The first kappa shape index (κ1) is 17.7. The summed E-state index contributed by atoms with van der Waals surface area (Å²) in [4.78, 5) is 22.2. The van der Waals surface area contributed by atoms with E-state index in [1.807, 2.05) is 0 Å². The number of halogens is 1. The molecule has 0 heterocycles. The fourth-order valence-corrected chi connectivity index (χ4v) is 2.08. The van der Waals surface area contributed by atoms with Gasteiger partial charge in [0.2, 0.25) is 0 Å². The summed E-state index contributed by atoms with van der Waals surface area (Å²) in [6, 6.07) is 10.2. The Morgan fingerprint density at radius 2 is 1.92 bits per heavy atom. The molecule has 0 atom stereocenters. The number of nitro groups is 1. The number of nitro benzene ring substituents is 1. The lowest BCUT2D eigenvalue weighted by atomic mass is 10.2. The van der Waals surface area contributed by atoms with Gasteiger partial charge in [0.1, 0.15) is 11.5 Å². The quantitative estimate of drug-likeness (QED) is 0.239. The van der Waals surface area contributed by atoms with E-state index in [4.69, 9.17) is 21.1 Å². The van der Waals surface area contributed by atoms with Crippen LogP contribution in [0.2, 0.25) is 5.02 Å². The van der Waals surface area contributed by atoms with Crippen molar-refractivity contribution in [3.63, 3.8) is 0 Å². The second kappa shape index (κ2) is 8.31. The number of rotatable bonds is 7. The Morgan fingerprint density at radius 1 is 1.21 bits per heavy atom. The van der Waals surface area contributed by atoms with Crippen LogP contribution in [-0.4, -0.2) is 17.5 Å². The number of unbranched alkanes of at least 4 members (excludes halogenated alkanes) is 1. The van der Waals surface area contributed by atoms with Crippen molar-refractivity contribution in [2.75, 3.05) is 6.61 Å². The number of hydrogen-bond acceptors (Lipinski definition) is 5. The number of nitrogens with zero attached hydrogens (tertiary/aromatic N) is 1. The van der Waals surface area contributed by atoms with E-state index in [1.54, 1.807) is 24.3 Å². The van der Waals surface area contributed by atoms with E-state index in [-0.39, 0.29) is 16.5 Å². The average Bonchev–Trinajstić information content (AvgIpc) is 2.57. The molecule has 2 aromatic carbocycles. The Bertz CT molecular complexity index is 730. The maximum absolute atomic E-state index is 12.1. The number of benzene rings is 2. The third kappa shape index (κ3) is 4.70. The maximum Gasteiger partial charge on any atom is 0.343 e. The maximum atomic E-state index is 12.1. The first-order chi connectivity index (χ1) is 11.5. The summed E-state index contributed by atoms with van der Waals surface area (Å²) in [5.41, 5.74) is 0.153. The smallest absolute Gasteiger partial charge is 0.343 e. The van der Waals surface area contributed by atoms with Crippen LogP contribution in [0.15, 0.2) is 42.5 Å². The highest BCUT2D eigenvalue weighted by molar-refractivity contribution is 6.32. The molecule has 0 unspecified atom stereocenters. The van der Waals surface area contributed by atoms with E-state index in [1.165, 1.54) is 12.1 Å². The highest BCUT2D eigenvalue weighted by Gasteiger charge is 2.14. The van der Waals surface area contributed by atoms with Gasteiger partial charge in [-0.2, -0.15) is 0 Å². The van der Waals surface area contributed by atoms with Crippen LogP contribution in [0.25, 0.3) is 0 Å². The Labute approximate surface area is 144 Å². The minimum Gasteiger partial charge on any atom is -0.494 e. The molecule has 0 saturated carbocycles. The predicted molar refractivity (Wildman–Crippen MR) is 89.9 cm³/mol. The van der Waals surface area contributed by atoms with Gasteiger partial charge < -0.3 is 9.47 Å². The van der Waals surface area contributed by atoms with Crippen LogP contribution >= 0.6 is 11.6 Å². The van der Waals surface area contributed by atoms with E-state index in [9.17, 15) is 14.9 Å². The first-order valence-corrected chi connectivity index (χ1v) is 7.78. The van der Waals surface area contributed by atoms with Crippen molar-refractivity contribution < 1.29 is 19.2 Å². The number of esters is 1. The molecule has 0 N–H and O–H groups in total. The summed E-state index contributed by atoms with van der Waals surface area (Å²) in [7, 11) is 0. The van der Waals surface area contributed by atoms with Gasteiger partial charge in [-0.25, -0.2) is 4.79 Å². The molecule has 0 spiro atoms. The van der Waals surface area contributed by atoms with E-state index in [0.29, 0.717) is 17.9 Å². The third-order valence-corrected chi connectivity index (χ3v) is 3.48. The van der Waals surface area contributed by atoms with Crippen LogP contribution in [-0.2, 0) is 0 Å². The van der Waals surface area contributed by atoms with Crippen molar-refractivity contribution in [2.24, 2.45) is 0 Å². The molecular formula is C17H16ClNO5. The molecule has 0 fully saturated rings. The Kier molecular flexibility index (Phi) is 6.14. The summed E-state index contributed by atoms with van der Waals surface area (Å²) in [6.07, 6.45) is 2.00. The molecular weight excluding hydrogens is 334 g/mol. The van der Waals surface area contributed by atoms with Gasteiger partial charge >= 0.3 is 5.97 Å². The lowest BCUT2D eigenvalue weighted by Crippen LogP contribution is -2.09. The fourth-order valence-electron chi connectivity index (χ4n) is 1.87. The van der Waals surface area contributed by atoms with Crippen molar-refractivity contribution >= 4 is 23.3 Å². The molecule has 24 heavy (non-hydrogen) atoms. The largest absolute Gasteiger partial charge is 0.494 e. The van der Waals surface area contributed by atoms with Crippen LogP contribution in [0.3, 0.4) is 0 Å². The molecule has 6 nitrogen and oxygen atoms in total. The molecule has 0 amide bonds. The third-order valence-electron chi connectivity index (χ3n) is 3.19. The molecule has 2 aromatic rings. The molecule has 0 aromatic heterocycles. The van der Waals surface area contributed by atoms with Crippen LogP contribution < -0.4 is 9.47 Å². The number of ether oxygens (including phenoxy) is 2. The van der Waals surface area contributed by atoms with Crippen molar-refractivity contribution in [1.82, 2.24) is 0 Å². The highest BCUT2D eigenvalue weighted by Crippen LogP contribution is 2.29. The monoisotopic (exact) mass is 349 g/mol. The fraction of sp³-hybridized carbons (Fsp3) is 0.235. The van der Waals surface area contributed by atoms with Crippen LogP contribution in [0.4, 0.5) is 5.69 Å². The van der Waals surface area contributed by atoms with Crippen LogP contribution in [0.5, 0.6) is 11.5 Å². The zero-order valence-corrected chi connectivity index (χ0v) is 13.8. The zero-order valence-electron chi connectivity index (χ0n) is 13.0. The van der Waals surface area contributed by atoms with Gasteiger partial charge in [0, 0.05) is 12.1 Å². The van der Waals surface area contributed by atoms with E-state index >= 15 is 0 Å². The number of carbonyl (C=O) groups excluding carboxylic acids is 1. The molecule has 7 heteroatoms. The normalized spacial score (nSPS) is 10.2. The van der Waals surface area contributed by atoms with Crippen molar-refractivity contribution in [2.45, 2.75) is 19.8 Å². The average molecular weight is 350 g/mol. The van der Waals surface area contributed by atoms with Gasteiger partial charge in [-0.3, -0.25) is 10.1 Å². The summed E-state index contributed by atoms with van der Waals surface area (Å²) >= 11 is 5.90. The van der Waals surface area contributed by atoms with Gasteiger partial charge in [-0.05, 0) is 36.8 Å². The molecule has 126 valence electrons. The summed E-state index contributed by atoms with van der Waals surface area (Å²) in [5.74, 6) is 0.134.